The number of carbonyl (C=O) groups excluding carboxylic acids is 1. The molecule has 1 aromatic rings. The summed E-state index contributed by atoms with van der Waals surface area (Å²) in [5.74, 6) is 0.265. The lowest BCUT2D eigenvalue weighted by atomic mass is 10.1. The Morgan fingerprint density at radius 1 is 1.73 bits per heavy atom. The first-order valence-electron chi connectivity index (χ1n) is 5.23. The van der Waals surface area contributed by atoms with Gasteiger partial charge in [0.25, 0.3) is 0 Å². The van der Waals surface area contributed by atoms with E-state index in [2.05, 4.69) is 18.9 Å². The second-order valence-electron chi connectivity index (χ2n) is 4.77. The van der Waals surface area contributed by atoms with Crippen LogP contribution in [0.5, 0.6) is 0 Å². The zero-order valence-corrected chi connectivity index (χ0v) is 10.0. The minimum Gasteiger partial charge on any atom is -0.292 e. The number of Topliss-reactive ketones (excluding diaryl/α,β-unsaturated/α-hetero) is 1. The third kappa shape index (κ3) is 1.69. The first-order chi connectivity index (χ1) is 6.97. The van der Waals surface area contributed by atoms with E-state index in [1.54, 1.807) is 10.9 Å². The van der Waals surface area contributed by atoms with Crippen molar-refractivity contribution in [2.75, 3.05) is 0 Å². The molecule has 0 amide bonds. The molecule has 1 aliphatic carbocycles. The number of halogens is 1. The van der Waals surface area contributed by atoms with Crippen LogP contribution in [0.25, 0.3) is 0 Å². The molecule has 0 bridgehead atoms. The number of carbonyl (C=O) groups is 1. The number of aryl methyl sites for hydroxylation is 1. The van der Waals surface area contributed by atoms with E-state index < -0.39 is 0 Å². The molecule has 0 saturated heterocycles. The molecule has 0 radical (unpaired) electrons. The van der Waals surface area contributed by atoms with E-state index in [-0.39, 0.29) is 17.1 Å². The summed E-state index contributed by atoms with van der Waals surface area (Å²) in [5.41, 5.74) is 0.721. The molecule has 3 nitrogen and oxygen atoms in total. The highest BCUT2D eigenvalue weighted by atomic mass is 35.5. The molecule has 1 heterocycles. The second-order valence-corrected chi connectivity index (χ2v) is 5.17. The molecule has 1 aliphatic rings. The lowest BCUT2D eigenvalue weighted by Crippen LogP contribution is -2.13. The normalized spacial score (nSPS) is 22.8. The molecule has 0 spiro atoms. The Hall–Kier alpha value is -0.830. The zero-order chi connectivity index (χ0) is 11.2. The van der Waals surface area contributed by atoms with Crippen molar-refractivity contribution in [3.05, 3.63) is 16.9 Å². The molecular weight excluding hydrogens is 212 g/mol. The molecular formula is C11H15ClN2O. The molecule has 1 atom stereocenters. The van der Waals surface area contributed by atoms with Crippen LogP contribution < -0.4 is 0 Å². The number of hydrogen-bond acceptors (Lipinski definition) is 2. The van der Waals surface area contributed by atoms with E-state index in [0.29, 0.717) is 17.3 Å². The predicted molar refractivity (Wildman–Crippen MR) is 59.1 cm³/mol. The van der Waals surface area contributed by atoms with Gasteiger partial charge in [0, 0.05) is 12.5 Å². The number of hydrogen-bond donors (Lipinski definition) is 0. The number of aromatic nitrogens is 2. The molecule has 4 heteroatoms. The maximum absolute atomic E-state index is 12.1. The fourth-order valence-electron chi connectivity index (χ4n) is 1.93. The molecule has 2 rings (SSSR count). The van der Waals surface area contributed by atoms with Gasteiger partial charge in [0.2, 0.25) is 0 Å². The Balaban J connectivity index is 2.30. The Morgan fingerprint density at radius 3 is 2.80 bits per heavy atom. The van der Waals surface area contributed by atoms with Gasteiger partial charge in [0.15, 0.2) is 5.78 Å². The number of nitrogens with zero attached hydrogens (tertiary/aromatic N) is 2. The summed E-state index contributed by atoms with van der Waals surface area (Å²) in [7, 11) is 0. The molecule has 0 aliphatic heterocycles. The average molecular weight is 227 g/mol. The predicted octanol–water partition coefficient (Wildman–Crippen LogP) is 2.79. The van der Waals surface area contributed by atoms with E-state index >= 15 is 0 Å². The fraction of sp³-hybridized carbons (Fsp3) is 0.636. The van der Waals surface area contributed by atoms with Crippen LogP contribution in [0.3, 0.4) is 0 Å². The van der Waals surface area contributed by atoms with E-state index in [0.717, 1.165) is 6.42 Å². The van der Waals surface area contributed by atoms with Gasteiger partial charge in [-0.05, 0) is 18.8 Å². The van der Waals surface area contributed by atoms with Gasteiger partial charge in [-0.25, -0.2) is 0 Å². The van der Waals surface area contributed by atoms with Gasteiger partial charge in [-0.15, -0.1) is 0 Å². The van der Waals surface area contributed by atoms with Crippen LogP contribution in [0.1, 0.15) is 37.7 Å². The van der Waals surface area contributed by atoms with Crippen molar-refractivity contribution >= 4 is 17.4 Å². The Labute approximate surface area is 94.4 Å². The SMILES string of the molecule is CCn1ncc(Cl)c1C(=O)C1CC1(C)C. The van der Waals surface area contributed by atoms with Gasteiger partial charge < -0.3 is 0 Å². The Morgan fingerprint density at radius 2 is 2.33 bits per heavy atom. The molecule has 1 unspecified atom stereocenters. The zero-order valence-electron chi connectivity index (χ0n) is 9.25. The quantitative estimate of drug-likeness (QED) is 0.743. The summed E-state index contributed by atoms with van der Waals surface area (Å²) in [5, 5.41) is 4.55. The summed E-state index contributed by atoms with van der Waals surface area (Å²) >= 11 is 5.98. The maximum atomic E-state index is 12.1. The summed E-state index contributed by atoms with van der Waals surface area (Å²) in [4.78, 5) is 12.1. The second kappa shape index (κ2) is 3.34. The van der Waals surface area contributed by atoms with Crippen molar-refractivity contribution in [3.63, 3.8) is 0 Å². The first-order valence-corrected chi connectivity index (χ1v) is 5.60. The van der Waals surface area contributed by atoms with Crippen molar-refractivity contribution in [2.24, 2.45) is 11.3 Å². The maximum Gasteiger partial charge on any atom is 0.186 e. The Kier molecular flexibility index (Phi) is 2.38. The Bertz CT molecular complexity index is 409. The monoisotopic (exact) mass is 226 g/mol. The summed E-state index contributed by atoms with van der Waals surface area (Å²) in [6.07, 6.45) is 2.50. The topological polar surface area (TPSA) is 34.9 Å². The molecule has 82 valence electrons. The third-order valence-electron chi connectivity index (χ3n) is 3.16. The standard InChI is InChI=1S/C11H15ClN2O/c1-4-14-9(8(12)6-13-14)10(15)7-5-11(7,2)3/h6-7H,4-5H2,1-3H3. The molecule has 1 fully saturated rings. The molecule has 1 aromatic heterocycles. The van der Waals surface area contributed by atoms with Crippen LogP contribution in [0.15, 0.2) is 6.20 Å². The van der Waals surface area contributed by atoms with Crippen molar-refractivity contribution in [3.8, 4) is 0 Å². The summed E-state index contributed by atoms with van der Waals surface area (Å²) < 4.78 is 1.68. The summed E-state index contributed by atoms with van der Waals surface area (Å²) in [6, 6.07) is 0. The van der Waals surface area contributed by atoms with Gasteiger partial charge in [-0.3, -0.25) is 9.48 Å². The molecule has 0 aromatic carbocycles. The highest BCUT2D eigenvalue weighted by Crippen LogP contribution is 2.53. The minimum atomic E-state index is 0.122. The third-order valence-corrected chi connectivity index (χ3v) is 3.43. The first kappa shape index (κ1) is 10.7. The van der Waals surface area contributed by atoms with Crippen molar-refractivity contribution in [1.29, 1.82) is 0 Å². The number of ketones is 1. The van der Waals surface area contributed by atoms with E-state index in [4.69, 9.17) is 11.6 Å². The average Bonchev–Trinajstić information content (AvgIpc) is 2.65. The van der Waals surface area contributed by atoms with Crippen LogP contribution in [0.2, 0.25) is 5.02 Å². The van der Waals surface area contributed by atoms with Crippen LogP contribution in [0.4, 0.5) is 0 Å². The van der Waals surface area contributed by atoms with E-state index in [9.17, 15) is 4.79 Å². The van der Waals surface area contributed by atoms with Crippen molar-refractivity contribution < 1.29 is 4.79 Å². The molecule has 1 saturated carbocycles. The van der Waals surface area contributed by atoms with Crippen molar-refractivity contribution in [2.45, 2.75) is 33.7 Å². The molecule has 15 heavy (non-hydrogen) atoms. The highest BCUT2D eigenvalue weighted by molar-refractivity contribution is 6.33. The van der Waals surface area contributed by atoms with Gasteiger partial charge in [0.1, 0.15) is 5.69 Å². The van der Waals surface area contributed by atoms with Crippen LogP contribution >= 0.6 is 11.6 Å². The molecule has 0 N–H and O–H groups in total. The van der Waals surface area contributed by atoms with Crippen LogP contribution in [-0.2, 0) is 6.54 Å². The largest absolute Gasteiger partial charge is 0.292 e. The van der Waals surface area contributed by atoms with Gasteiger partial charge in [-0.2, -0.15) is 5.10 Å². The van der Waals surface area contributed by atoms with E-state index in [1.807, 2.05) is 6.92 Å². The lowest BCUT2D eigenvalue weighted by molar-refractivity contribution is 0.0943. The van der Waals surface area contributed by atoms with Gasteiger partial charge >= 0.3 is 0 Å². The summed E-state index contributed by atoms with van der Waals surface area (Å²) in [6.45, 7) is 6.85. The van der Waals surface area contributed by atoms with E-state index in [1.165, 1.54) is 0 Å². The van der Waals surface area contributed by atoms with Crippen molar-refractivity contribution in [1.82, 2.24) is 9.78 Å². The van der Waals surface area contributed by atoms with Crippen LogP contribution in [0, 0.1) is 11.3 Å². The van der Waals surface area contributed by atoms with Gasteiger partial charge in [-0.1, -0.05) is 25.4 Å². The number of rotatable bonds is 3. The lowest BCUT2D eigenvalue weighted by Gasteiger charge is -2.05. The van der Waals surface area contributed by atoms with Gasteiger partial charge in [0.05, 0.1) is 11.2 Å². The fourth-order valence-corrected chi connectivity index (χ4v) is 2.16. The van der Waals surface area contributed by atoms with Crippen LogP contribution in [-0.4, -0.2) is 15.6 Å². The minimum absolute atomic E-state index is 0.122. The highest BCUT2D eigenvalue weighted by Gasteiger charge is 2.51. The smallest absolute Gasteiger partial charge is 0.186 e.